The number of rotatable bonds is 7. The Kier molecular flexibility index (Phi) is 6.62. The second-order valence-corrected chi connectivity index (χ2v) is 8.00. The van der Waals surface area contributed by atoms with Gasteiger partial charge in [0.05, 0.1) is 31.1 Å². The topological polar surface area (TPSA) is 76.5 Å². The molecule has 7 heteroatoms. The fraction of sp³-hybridized carbons (Fsp3) is 0.375. The Morgan fingerprint density at radius 2 is 1.90 bits per heavy atom. The lowest BCUT2D eigenvalue weighted by molar-refractivity contribution is -0.122. The van der Waals surface area contributed by atoms with Crippen LogP contribution in [0.15, 0.2) is 54.7 Å². The normalized spacial score (nSPS) is 15.1. The Labute approximate surface area is 182 Å². The first-order valence-corrected chi connectivity index (χ1v) is 10.7. The Balaban J connectivity index is 1.25. The van der Waals surface area contributed by atoms with Crippen LogP contribution in [0.1, 0.15) is 35.2 Å². The Bertz CT molecular complexity index is 1040. The minimum absolute atomic E-state index is 0.127. The fourth-order valence-electron chi connectivity index (χ4n) is 4.06. The van der Waals surface area contributed by atoms with Crippen LogP contribution in [-0.2, 0) is 22.6 Å². The first-order valence-electron chi connectivity index (χ1n) is 10.7. The van der Waals surface area contributed by atoms with Crippen LogP contribution in [0, 0.1) is 0 Å². The molecule has 31 heavy (non-hydrogen) atoms. The van der Waals surface area contributed by atoms with Crippen LogP contribution in [0.5, 0.6) is 0 Å². The quantitative estimate of drug-likeness (QED) is 0.595. The Hall–Kier alpha value is -3.19. The summed E-state index contributed by atoms with van der Waals surface area (Å²) in [6.45, 7) is 2.51. The lowest BCUT2D eigenvalue weighted by Gasteiger charge is -2.32. The van der Waals surface area contributed by atoms with Gasteiger partial charge in [-0.15, -0.1) is 0 Å². The van der Waals surface area contributed by atoms with E-state index in [9.17, 15) is 9.59 Å². The smallest absolute Gasteiger partial charge is 0.337 e. The van der Waals surface area contributed by atoms with Crippen molar-refractivity contribution in [1.82, 2.24) is 20.0 Å². The summed E-state index contributed by atoms with van der Waals surface area (Å²) in [5.74, 6) is -0.218. The van der Waals surface area contributed by atoms with Gasteiger partial charge in [-0.05, 0) is 43.0 Å². The number of esters is 1. The molecule has 0 aliphatic carbocycles. The minimum atomic E-state index is -0.345. The number of carbonyl (C=O) groups excluding carboxylic acids is 2. The monoisotopic (exact) mass is 420 g/mol. The van der Waals surface area contributed by atoms with Gasteiger partial charge in [-0.1, -0.05) is 30.3 Å². The van der Waals surface area contributed by atoms with Crippen LogP contribution in [0.2, 0.25) is 0 Å². The number of aryl methyl sites for hydroxylation is 1. The minimum Gasteiger partial charge on any atom is -0.465 e. The first kappa shape index (κ1) is 21.1. The predicted molar refractivity (Wildman–Crippen MR) is 119 cm³/mol. The molecule has 0 radical (unpaired) electrons. The summed E-state index contributed by atoms with van der Waals surface area (Å²) in [6.07, 6.45) is 4.94. The van der Waals surface area contributed by atoms with E-state index in [0.29, 0.717) is 18.7 Å². The van der Waals surface area contributed by atoms with Gasteiger partial charge in [0, 0.05) is 30.9 Å². The molecule has 1 aliphatic heterocycles. The zero-order valence-electron chi connectivity index (χ0n) is 17.8. The first-order chi connectivity index (χ1) is 15.1. The van der Waals surface area contributed by atoms with Crippen LogP contribution in [-0.4, -0.2) is 52.8 Å². The second kappa shape index (κ2) is 9.75. The number of fused-ring (bicyclic) bond motifs is 1. The fourth-order valence-corrected chi connectivity index (χ4v) is 4.06. The molecule has 4 rings (SSSR count). The number of carbonyl (C=O) groups is 2. The number of likely N-dealkylation sites (tertiary alicyclic amines) is 1. The predicted octanol–water partition coefficient (Wildman–Crippen LogP) is 2.99. The molecule has 0 atom stereocenters. The SMILES string of the molecule is COC(=O)c1ccc2c(cnn2CN2CCC(NC(=O)CCc3ccccc3)CC2)c1. The van der Waals surface area contributed by atoms with E-state index >= 15 is 0 Å². The molecule has 0 unspecified atom stereocenters. The lowest BCUT2D eigenvalue weighted by Crippen LogP contribution is -2.45. The molecule has 2 aromatic carbocycles. The number of ether oxygens (including phenoxy) is 1. The average Bonchev–Trinajstić information content (AvgIpc) is 3.21. The van der Waals surface area contributed by atoms with E-state index in [1.54, 1.807) is 12.3 Å². The maximum Gasteiger partial charge on any atom is 0.337 e. The number of benzene rings is 2. The number of piperidine rings is 1. The zero-order valence-corrected chi connectivity index (χ0v) is 17.8. The maximum atomic E-state index is 12.3. The number of hydrogen-bond donors (Lipinski definition) is 1. The molecule has 1 amide bonds. The molecule has 1 fully saturated rings. The van der Waals surface area contributed by atoms with Gasteiger partial charge in [0.15, 0.2) is 0 Å². The van der Waals surface area contributed by atoms with Gasteiger partial charge in [0.2, 0.25) is 5.91 Å². The third kappa shape index (κ3) is 5.30. The van der Waals surface area contributed by atoms with Crippen molar-refractivity contribution in [2.75, 3.05) is 20.2 Å². The van der Waals surface area contributed by atoms with E-state index in [1.165, 1.54) is 12.7 Å². The van der Waals surface area contributed by atoms with Crippen molar-refractivity contribution in [2.45, 2.75) is 38.4 Å². The number of nitrogens with zero attached hydrogens (tertiary/aromatic N) is 3. The van der Waals surface area contributed by atoms with Crippen molar-refractivity contribution in [3.05, 3.63) is 65.9 Å². The van der Waals surface area contributed by atoms with E-state index in [1.807, 2.05) is 35.0 Å². The van der Waals surface area contributed by atoms with Crippen molar-refractivity contribution < 1.29 is 14.3 Å². The lowest BCUT2D eigenvalue weighted by atomic mass is 10.0. The zero-order chi connectivity index (χ0) is 21.6. The van der Waals surface area contributed by atoms with Gasteiger partial charge in [-0.2, -0.15) is 5.10 Å². The van der Waals surface area contributed by atoms with E-state index < -0.39 is 0 Å². The van der Waals surface area contributed by atoms with E-state index in [2.05, 4.69) is 27.4 Å². The van der Waals surface area contributed by atoms with Crippen LogP contribution in [0.4, 0.5) is 0 Å². The van der Waals surface area contributed by atoms with Crippen LogP contribution in [0.25, 0.3) is 10.9 Å². The summed E-state index contributed by atoms with van der Waals surface area (Å²) < 4.78 is 6.74. The van der Waals surface area contributed by atoms with E-state index in [4.69, 9.17) is 4.74 Å². The van der Waals surface area contributed by atoms with Crippen molar-refractivity contribution in [1.29, 1.82) is 0 Å². The van der Waals surface area contributed by atoms with Gasteiger partial charge in [-0.3, -0.25) is 14.4 Å². The summed E-state index contributed by atoms with van der Waals surface area (Å²) in [5.41, 5.74) is 2.71. The molecule has 2 heterocycles. The van der Waals surface area contributed by atoms with Gasteiger partial charge in [0.25, 0.3) is 0 Å². The highest BCUT2D eigenvalue weighted by Crippen LogP contribution is 2.18. The molecule has 0 bridgehead atoms. The third-order valence-electron chi connectivity index (χ3n) is 5.83. The second-order valence-electron chi connectivity index (χ2n) is 8.00. The Morgan fingerprint density at radius 3 is 2.65 bits per heavy atom. The Morgan fingerprint density at radius 1 is 1.13 bits per heavy atom. The molecule has 3 aromatic rings. The van der Waals surface area contributed by atoms with Gasteiger partial charge in [-0.25, -0.2) is 4.79 Å². The van der Waals surface area contributed by atoms with Crippen molar-refractivity contribution >= 4 is 22.8 Å². The summed E-state index contributed by atoms with van der Waals surface area (Å²) in [6, 6.07) is 15.8. The highest BCUT2D eigenvalue weighted by molar-refractivity contribution is 5.94. The van der Waals surface area contributed by atoms with E-state index in [0.717, 1.165) is 43.3 Å². The molecular formula is C24H28N4O3. The number of aromatic nitrogens is 2. The highest BCUT2D eigenvalue weighted by atomic mass is 16.5. The molecule has 1 saturated heterocycles. The standard InChI is InChI=1S/C24H28N4O3/c1-31-24(30)19-8-9-22-20(15-19)16-25-28(22)17-27-13-11-21(12-14-27)26-23(29)10-7-18-5-3-2-4-6-18/h2-6,8-9,15-16,21H,7,10-14,17H2,1H3,(H,26,29). The molecule has 0 spiro atoms. The third-order valence-corrected chi connectivity index (χ3v) is 5.83. The summed E-state index contributed by atoms with van der Waals surface area (Å²) in [7, 11) is 1.38. The molecule has 1 N–H and O–H groups in total. The molecule has 162 valence electrons. The number of methoxy groups -OCH3 is 1. The molecule has 1 aromatic heterocycles. The van der Waals surface area contributed by atoms with Crippen molar-refractivity contribution in [3.8, 4) is 0 Å². The molecule has 0 saturated carbocycles. The molecule has 7 nitrogen and oxygen atoms in total. The van der Waals surface area contributed by atoms with E-state index in [-0.39, 0.29) is 17.9 Å². The number of hydrogen-bond acceptors (Lipinski definition) is 5. The van der Waals surface area contributed by atoms with Crippen LogP contribution >= 0.6 is 0 Å². The van der Waals surface area contributed by atoms with Gasteiger partial charge >= 0.3 is 5.97 Å². The summed E-state index contributed by atoms with van der Waals surface area (Å²) in [5, 5.41) is 8.60. The van der Waals surface area contributed by atoms with Gasteiger partial charge < -0.3 is 10.1 Å². The maximum absolute atomic E-state index is 12.3. The van der Waals surface area contributed by atoms with Crippen LogP contribution < -0.4 is 5.32 Å². The molecule has 1 aliphatic rings. The van der Waals surface area contributed by atoms with Gasteiger partial charge in [0.1, 0.15) is 0 Å². The summed E-state index contributed by atoms with van der Waals surface area (Å²) >= 11 is 0. The van der Waals surface area contributed by atoms with Crippen molar-refractivity contribution in [3.63, 3.8) is 0 Å². The van der Waals surface area contributed by atoms with Crippen molar-refractivity contribution in [2.24, 2.45) is 0 Å². The summed E-state index contributed by atoms with van der Waals surface area (Å²) in [4.78, 5) is 26.3. The largest absolute Gasteiger partial charge is 0.465 e. The average molecular weight is 421 g/mol. The van der Waals surface area contributed by atoms with Crippen LogP contribution in [0.3, 0.4) is 0 Å². The highest BCUT2D eigenvalue weighted by Gasteiger charge is 2.21. The number of amides is 1. The molecular weight excluding hydrogens is 392 g/mol. The number of nitrogens with one attached hydrogen (secondary N) is 1.